The maximum atomic E-state index is 13.7. The molecule has 0 fully saturated rings. The van der Waals surface area contributed by atoms with Crippen LogP contribution in [0.25, 0.3) is 0 Å². The highest BCUT2D eigenvalue weighted by atomic mass is 35.5. The molecule has 0 saturated carbocycles. The fourth-order valence-corrected chi connectivity index (χ4v) is 2.51. The maximum Gasteiger partial charge on any atom is 0.408 e. The molecule has 0 aliphatic rings. The van der Waals surface area contributed by atoms with Crippen LogP contribution in [0.15, 0.2) is 30.6 Å². The van der Waals surface area contributed by atoms with Gasteiger partial charge in [0, 0.05) is 5.56 Å². The molecule has 0 bridgehead atoms. The number of carbonyl (C=O) groups is 1. The summed E-state index contributed by atoms with van der Waals surface area (Å²) in [6.07, 6.45) is 1.35. The number of benzene rings is 1. The molecule has 2 aromatic heterocycles. The predicted octanol–water partition coefficient (Wildman–Crippen LogP) is 2.17. The van der Waals surface area contributed by atoms with E-state index in [4.69, 9.17) is 11.6 Å². The molecule has 0 aliphatic carbocycles. The molecule has 1 aromatic carbocycles. The highest BCUT2D eigenvalue weighted by molar-refractivity contribution is 6.33. The second-order valence-corrected chi connectivity index (χ2v) is 5.92. The smallest absolute Gasteiger partial charge is 0.358 e. The summed E-state index contributed by atoms with van der Waals surface area (Å²) < 4.78 is 16.2. The molecule has 3 rings (SSSR count). The third kappa shape index (κ3) is 4.08. The van der Waals surface area contributed by atoms with E-state index in [1.165, 1.54) is 24.0 Å². The van der Waals surface area contributed by atoms with Gasteiger partial charge in [-0.2, -0.15) is 4.68 Å². The van der Waals surface area contributed by atoms with Crippen molar-refractivity contribution in [2.75, 3.05) is 5.32 Å². The summed E-state index contributed by atoms with van der Waals surface area (Å²) in [6, 6.07) is 6.24. The van der Waals surface area contributed by atoms with Gasteiger partial charge in [0.05, 0.1) is 17.3 Å². The van der Waals surface area contributed by atoms with Crippen LogP contribution in [-0.4, -0.2) is 35.4 Å². The normalized spacial score (nSPS) is 10.8. The first-order valence-corrected chi connectivity index (χ1v) is 8.03. The van der Waals surface area contributed by atoms with Gasteiger partial charge in [-0.15, -0.1) is 5.10 Å². The summed E-state index contributed by atoms with van der Waals surface area (Å²) in [7, 11) is 0. The molecule has 1 amide bonds. The Kier molecular flexibility index (Phi) is 5.12. The van der Waals surface area contributed by atoms with Crippen LogP contribution in [0.2, 0.25) is 5.02 Å². The zero-order valence-corrected chi connectivity index (χ0v) is 14.7. The summed E-state index contributed by atoms with van der Waals surface area (Å²) in [5, 5.41) is 20.9. The average molecular weight is 394 g/mol. The van der Waals surface area contributed by atoms with Crippen molar-refractivity contribution in [2.45, 2.75) is 20.0 Å². The highest BCUT2D eigenvalue weighted by Gasteiger charge is 2.25. The number of hydrogen-bond donors (Lipinski definition) is 1. The van der Waals surface area contributed by atoms with Gasteiger partial charge in [0.15, 0.2) is 5.02 Å². The summed E-state index contributed by atoms with van der Waals surface area (Å²) in [5.74, 6) is -1.42. The maximum absolute atomic E-state index is 13.7. The number of rotatable bonds is 6. The van der Waals surface area contributed by atoms with Gasteiger partial charge < -0.3 is 10.1 Å². The number of hydrogen-bond acceptors (Lipinski definition) is 6. The Labute approximate surface area is 156 Å². The summed E-state index contributed by atoms with van der Waals surface area (Å²) in [6.45, 7) is 1.36. The number of nitro groups is 1. The molecule has 2 heterocycles. The van der Waals surface area contributed by atoms with Crippen molar-refractivity contribution >= 4 is 29.3 Å². The Bertz CT molecular complexity index is 1020. The van der Waals surface area contributed by atoms with E-state index in [9.17, 15) is 19.3 Å². The van der Waals surface area contributed by atoms with Crippen LogP contribution in [0, 0.1) is 22.9 Å². The van der Waals surface area contributed by atoms with Gasteiger partial charge in [-0.3, -0.25) is 10.1 Å². The quantitative estimate of drug-likeness (QED) is 0.506. The van der Waals surface area contributed by atoms with E-state index in [-0.39, 0.29) is 35.6 Å². The molecule has 140 valence electrons. The lowest BCUT2D eigenvalue weighted by Gasteiger charge is -2.02. The predicted molar refractivity (Wildman–Crippen MR) is 92.8 cm³/mol. The monoisotopic (exact) mass is 393 g/mol. The Morgan fingerprint density at radius 2 is 2.11 bits per heavy atom. The van der Waals surface area contributed by atoms with Crippen LogP contribution in [0.1, 0.15) is 11.3 Å². The SMILES string of the molecule is Cc1c(Cl)c([N+](=O)[O-])nn1CC(=O)Nc1ncn(Cc2ccccc2F)n1. The van der Waals surface area contributed by atoms with Gasteiger partial charge in [-0.1, -0.05) is 29.8 Å². The summed E-state index contributed by atoms with van der Waals surface area (Å²) in [4.78, 5) is 26.2. The van der Waals surface area contributed by atoms with E-state index >= 15 is 0 Å². The van der Waals surface area contributed by atoms with E-state index in [0.717, 1.165) is 4.68 Å². The standard InChI is InChI=1S/C15H13ClFN7O3/c1-9-13(16)14(24(26)27)20-23(9)7-12(25)19-15-18-8-22(21-15)6-10-4-2-3-5-11(10)17/h2-5,8H,6-7H2,1H3,(H,19,21,25). The lowest BCUT2D eigenvalue weighted by Crippen LogP contribution is -2.21. The van der Waals surface area contributed by atoms with Crippen molar-refractivity contribution in [1.29, 1.82) is 0 Å². The van der Waals surface area contributed by atoms with E-state index < -0.39 is 16.6 Å². The molecule has 0 atom stereocenters. The summed E-state index contributed by atoms with van der Waals surface area (Å²) in [5.41, 5.74) is 0.714. The lowest BCUT2D eigenvalue weighted by atomic mass is 10.2. The molecule has 1 N–H and O–H groups in total. The first kappa shape index (κ1) is 18.5. The molecule has 10 nitrogen and oxygen atoms in total. The topological polar surface area (TPSA) is 121 Å². The second kappa shape index (κ2) is 7.50. The molecule has 0 radical (unpaired) electrons. The molecule has 0 unspecified atom stereocenters. The van der Waals surface area contributed by atoms with Gasteiger partial charge in [-0.25, -0.2) is 14.1 Å². The van der Waals surface area contributed by atoms with Crippen molar-refractivity contribution in [3.8, 4) is 0 Å². The fraction of sp³-hybridized carbons (Fsp3) is 0.200. The Balaban J connectivity index is 1.66. The first-order chi connectivity index (χ1) is 12.8. The lowest BCUT2D eigenvalue weighted by molar-refractivity contribution is -0.389. The number of aromatic nitrogens is 5. The van der Waals surface area contributed by atoms with Gasteiger partial charge in [0.25, 0.3) is 5.91 Å². The number of carbonyl (C=O) groups excluding carboxylic acids is 1. The van der Waals surface area contributed by atoms with E-state index in [0.29, 0.717) is 5.56 Å². The van der Waals surface area contributed by atoms with E-state index in [1.807, 2.05) is 0 Å². The average Bonchev–Trinajstić information content (AvgIpc) is 3.16. The number of halogens is 2. The molecule has 0 aliphatic heterocycles. The zero-order valence-electron chi connectivity index (χ0n) is 14.0. The molecule has 0 saturated heterocycles. The number of nitrogens with zero attached hydrogens (tertiary/aromatic N) is 6. The van der Waals surface area contributed by atoms with Crippen molar-refractivity contribution in [1.82, 2.24) is 24.5 Å². The highest BCUT2D eigenvalue weighted by Crippen LogP contribution is 2.26. The third-order valence-electron chi connectivity index (χ3n) is 3.66. The van der Waals surface area contributed by atoms with Crippen LogP contribution in [0.5, 0.6) is 0 Å². The first-order valence-electron chi connectivity index (χ1n) is 7.65. The molecular weight excluding hydrogens is 381 g/mol. The van der Waals surface area contributed by atoms with Gasteiger partial charge in [0.2, 0.25) is 5.95 Å². The van der Waals surface area contributed by atoms with E-state index in [1.54, 1.807) is 18.2 Å². The second-order valence-electron chi connectivity index (χ2n) is 5.54. The van der Waals surface area contributed by atoms with Crippen LogP contribution in [0.4, 0.5) is 16.2 Å². The number of anilines is 1. The van der Waals surface area contributed by atoms with Crippen LogP contribution >= 0.6 is 11.6 Å². The van der Waals surface area contributed by atoms with Crippen molar-refractivity contribution in [3.63, 3.8) is 0 Å². The third-order valence-corrected chi connectivity index (χ3v) is 4.10. The molecule has 0 spiro atoms. The molecule has 3 aromatic rings. The van der Waals surface area contributed by atoms with Crippen molar-refractivity contribution < 1.29 is 14.1 Å². The summed E-state index contributed by atoms with van der Waals surface area (Å²) >= 11 is 5.83. The minimum absolute atomic E-state index is 0.0155. The number of nitrogens with one attached hydrogen (secondary N) is 1. The van der Waals surface area contributed by atoms with Crippen molar-refractivity contribution in [3.05, 3.63) is 62.8 Å². The number of amides is 1. The van der Waals surface area contributed by atoms with Crippen molar-refractivity contribution in [2.24, 2.45) is 0 Å². The van der Waals surface area contributed by atoms with Crippen LogP contribution in [-0.2, 0) is 17.9 Å². The van der Waals surface area contributed by atoms with Gasteiger partial charge in [-0.05, 0) is 17.9 Å². The minimum Gasteiger partial charge on any atom is -0.358 e. The molecule has 27 heavy (non-hydrogen) atoms. The molecule has 12 heteroatoms. The van der Waals surface area contributed by atoms with Crippen LogP contribution < -0.4 is 5.32 Å². The largest absolute Gasteiger partial charge is 0.408 e. The molecular formula is C15H13ClFN7O3. The minimum atomic E-state index is -0.727. The van der Waals surface area contributed by atoms with E-state index in [2.05, 4.69) is 20.5 Å². The van der Waals surface area contributed by atoms with Gasteiger partial charge >= 0.3 is 5.82 Å². The Morgan fingerprint density at radius 3 is 2.78 bits per heavy atom. The zero-order chi connectivity index (χ0) is 19.6. The Hall–Kier alpha value is -3.34. The fourth-order valence-electron chi connectivity index (χ4n) is 2.31. The Morgan fingerprint density at radius 1 is 1.37 bits per heavy atom. The van der Waals surface area contributed by atoms with Crippen LogP contribution in [0.3, 0.4) is 0 Å². The van der Waals surface area contributed by atoms with Gasteiger partial charge in [0.1, 0.15) is 18.7 Å².